The summed E-state index contributed by atoms with van der Waals surface area (Å²) >= 11 is 0. The van der Waals surface area contributed by atoms with Crippen LogP contribution in [0.2, 0.25) is 0 Å². The summed E-state index contributed by atoms with van der Waals surface area (Å²) in [4.78, 5) is 11.3. The molecule has 0 amide bonds. The molecule has 0 aliphatic carbocycles. The van der Waals surface area contributed by atoms with Crippen LogP contribution in [0.3, 0.4) is 0 Å². The summed E-state index contributed by atoms with van der Waals surface area (Å²) in [6.07, 6.45) is 2.06. The monoisotopic (exact) mass is 160 g/mol. The lowest BCUT2D eigenvalue weighted by molar-refractivity contribution is 0.107. The number of hydrogen-bond acceptors (Lipinski definition) is 1. The van der Waals surface area contributed by atoms with Crippen molar-refractivity contribution >= 4 is 21.0 Å². The van der Waals surface area contributed by atoms with E-state index >= 15 is 0 Å². The van der Waals surface area contributed by atoms with E-state index in [0.717, 1.165) is 11.1 Å². The molecule has 0 aromatic heterocycles. The van der Waals surface area contributed by atoms with E-state index in [9.17, 15) is 4.79 Å². The van der Waals surface area contributed by atoms with Crippen LogP contribution in [-0.2, 0) is 0 Å². The van der Waals surface area contributed by atoms with Crippen LogP contribution in [-0.4, -0.2) is 14.9 Å². The topological polar surface area (TPSA) is 17.1 Å². The first-order chi connectivity index (χ1) is 5.38. The largest absolute Gasteiger partial charge is 0.300 e. The third-order valence-electron chi connectivity index (χ3n) is 1.86. The van der Waals surface area contributed by atoms with Gasteiger partial charge in [-0.25, -0.2) is 0 Å². The maximum Gasteiger partial charge on any atom is 0.138 e. The fourth-order valence-corrected chi connectivity index (χ4v) is 2.43. The van der Waals surface area contributed by atoms with Crippen molar-refractivity contribution in [2.24, 2.45) is 0 Å². The van der Waals surface area contributed by atoms with Crippen molar-refractivity contribution in [2.45, 2.75) is 0 Å². The fourth-order valence-electron chi connectivity index (χ4n) is 1.30. The van der Waals surface area contributed by atoms with E-state index < -0.39 is 9.52 Å². The first-order valence-corrected chi connectivity index (χ1v) is 5.19. The number of carbonyl (C=O) groups is 1. The molecule has 0 bridgehead atoms. The molecule has 0 saturated heterocycles. The molecule has 0 radical (unpaired) electrons. The van der Waals surface area contributed by atoms with Gasteiger partial charge in [0.15, 0.2) is 0 Å². The quantitative estimate of drug-likeness (QED) is 0.517. The molecule has 1 aromatic rings. The van der Waals surface area contributed by atoms with Gasteiger partial charge in [-0.1, -0.05) is 36.0 Å². The van der Waals surface area contributed by atoms with Crippen molar-refractivity contribution in [3.05, 3.63) is 41.1 Å². The smallest absolute Gasteiger partial charge is 0.138 e. The van der Waals surface area contributed by atoms with Crippen molar-refractivity contribution < 1.29 is 4.79 Å². The number of hydrogen-bond donors (Lipinski definition) is 0. The number of carbonyl (C=O) groups excluding carboxylic acids is 1. The van der Waals surface area contributed by atoms with Gasteiger partial charge in [0.25, 0.3) is 0 Å². The van der Waals surface area contributed by atoms with Gasteiger partial charge in [0.1, 0.15) is 14.9 Å². The van der Waals surface area contributed by atoms with Gasteiger partial charge < -0.3 is 4.79 Å². The van der Waals surface area contributed by atoms with Crippen LogP contribution in [0.1, 0.15) is 15.9 Å². The van der Waals surface area contributed by atoms with Gasteiger partial charge in [-0.2, -0.15) is 0 Å². The third kappa shape index (κ3) is 1.05. The van der Waals surface area contributed by atoms with Gasteiger partial charge in [-0.15, -0.1) is 0 Å². The van der Waals surface area contributed by atoms with Crippen molar-refractivity contribution in [1.29, 1.82) is 0 Å². The molecule has 0 unspecified atom stereocenters. The molecule has 1 nitrogen and oxygen atoms in total. The number of fused-ring (bicyclic) bond motifs is 1. The number of rotatable bonds is 0. The molecule has 54 valence electrons. The molecule has 0 N–H and O–H groups in total. The van der Waals surface area contributed by atoms with Gasteiger partial charge in [0, 0.05) is 5.56 Å². The third-order valence-corrected chi connectivity index (χ3v) is 3.08. The molecule has 0 saturated carbocycles. The highest BCUT2D eigenvalue weighted by molar-refractivity contribution is 6.82. The zero-order chi connectivity index (χ0) is 7.68. The van der Waals surface area contributed by atoms with Crippen LogP contribution >= 0.6 is 0 Å². The second-order valence-electron chi connectivity index (χ2n) is 2.62. The lowest BCUT2D eigenvalue weighted by atomic mass is 10.1. The Morgan fingerprint density at radius 2 is 2.00 bits per heavy atom. The normalized spacial score (nSPS) is 16.9. The first kappa shape index (κ1) is 6.55. The molecule has 2 heteroatoms. The summed E-state index contributed by atoms with van der Waals surface area (Å²) in [5, 5.41) is 0.364. The Bertz CT molecular complexity index is 328. The molecular formula is C9H8OSi. The van der Waals surface area contributed by atoms with E-state index in [0.29, 0.717) is 5.41 Å². The average Bonchev–Trinajstić information content (AvgIpc) is 2.06. The average molecular weight is 160 g/mol. The van der Waals surface area contributed by atoms with Gasteiger partial charge in [-0.3, -0.25) is 0 Å². The lowest BCUT2D eigenvalue weighted by Gasteiger charge is -2.06. The molecule has 1 aromatic carbocycles. The SMILES string of the molecule is O=C1[SiH2]C=Cc2ccccc21. The maximum atomic E-state index is 11.3. The molecule has 1 aliphatic rings. The first-order valence-electron chi connectivity index (χ1n) is 3.67. The van der Waals surface area contributed by atoms with E-state index in [1.165, 1.54) is 0 Å². The van der Waals surface area contributed by atoms with Crippen molar-refractivity contribution in [1.82, 2.24) is 0 Å². The summed E-state index contributed by atoms with van der Waals surface area (Å²) in [6, 6.07) is 7.78. The van der Waals surface area contributed by atoms with E-state index in [2.05, 4.69) is 6.08 Å². The molecule has 1 heterocycles. The highest BCUT2D eigenvalue weighted by Gasteiger charge is 2.10. The molecule has 0 spiro atoms. The van der Waals surface area contributed by atoms with Crippen LogP contribution in [0.5, 0.6) is 0 Å². The van der Waals surface area contributed by atoms with Crippen molar-refractivity contribution in [3.8, 4) is 0 Å². The number of benzene rings is 1. The van der Waals surface area contributed by atoms with Crippen molar-refractivity contribution in [3.63, 3.8) is 0 Å². The Balaban J connectivity index is 2.63. The standard InChI is InChI=1S/C9H8OSi/c10-9-8-4-2-1-3-7(8)5-6-11-9/h1-6H,11H2. The molecule has 1 aliphatic heterocycles. The minimum atomic E-state index is -0.595. The fraction of sp³-hybridized carbons (Fsp3) is 0. The van der Waals surface area contributed by atoms with E-state index in [-0.39, 0.29) is 0 Å². The van der Waals surface area contributed by atoms with Crippen LogP contribution in [0.4, 0.5) is 0 Å². The Labute approximate surface area is 67.6 Å². The molecule has 11 heavy (non-hydrogen) atoms. The predicted molar refractivity (Wildman–Crippen MR) is 48.4 cm³/mol. The second-order valence-corrected chi connectivity index (χ2v) is 4.14. The summed E-state index contributed by atoms with van der Waals surface area (Å²) in [5.74, 6) is 0. The summed E-state index contributed by atoms with van der Waals surface area (Å²) < 4.78 is 0. The van der Waals surface area contributed by atoms with Crippen LogP contribution in [0, 0.1) is 0 Å². The summed E-state index contributed by atoms with van der Waals surface area (Å²) in [7, 11) is -0.595. The zero-order valence-corrected chi connectivity index (χ0v) is 7.49. The highest BCUT2D eigenvalue weighted by Crippen LogP contribution is 2.14. The van der Waals surface area contributed by atoms with Gasteiger partial charge in [-0.05, 0) is 5.56 Å². The van der Waals surface area contributed by atoms with Crippen LogP contribution < -0.4 is 0 Å². The Morgan fingerprint density at radius 3 is 2.82 bits per heavy atom. The lowest BCUT2D eigenvalue weighted by Crippen LogP contribution is -2.12. The Morgan fingerprint density at radius 1 is 1.18 bits per heavy atom. The molecule has 0 atom stereocenters. The van der Waals surface area contributed by atoms with E-state index in [4.69, 9.17) is 0 Å². The Hall–Kier alpha value is -1.15. The summed E-state index contributed by atoms with van der Waals surface area (Å²) in [5.41, 5.74) is 4.04. The zero-order valence-electron chi connectivity index (χ0n) is 6.08. The Kier molecular flexibility index (Phi) is 1.47. The van der Waals surface area contributed by atoms with Crippen LogP contribution in [0.15, 0.2) is 30.0 Å². The maximum absolute atomic E-state index is 11.3. The highest BCUT2D eigenvalue weighted by atomic mass is 28.2. The van der Waals surface area contributed by atoms with Crippen LogP contribution in [0.25, 0.3) is 6.08 Å². The molecule has 0 fully saturated rings. The molecule has 2 rings (SSSR count). The van der Waals surface area contributed by atoms with Gasteiger partial charge >= 0.3 is 0 Å². The van der Waals surface area contributed by atoms with Gasteiger partial charge in [0.2, 0.25) is 0 Å². The predicted octanol–water partition coefficient (Wildman–Crippen LogP) is 0.980. The van der Waals surface area contributed by atoms with E-state index in [1.807, 2.05) is 30.0 Å². The second kappa shape index (κ2) is 2.47. The molecular weight excluding hydrogens is 152 g/mol. The van der Waals surface area contributed by atoms with E-state index in [1.54, 1.807) is 0 Å². The minimum absolute atomic E-state index is 0.364. The van der Waals surface area contributed by atoms with Gasteiger partial charge in [0.05, 0.1) is 0 Å². The minimum Gasteiger partial charge on any atom is -0.300 e. The van der Waals surface area contributed by atoms with Crippen molar-refractivity contribution in [2.75, 3.05) is 0 Å². The summed E-state index contributed by atoms with van der Waals surface area (Å²) in [6.45, 7) is 0.